The predicted octanol–water partition coefficient (Wildman–Crippen LogP) is 2.14. The third kappa shape index (κ3) is 5.49. The number of Topliss-reactive ketones (excluding diaryl/α,β-unsaturated/α-hetero) is 1. The van der Waals surface area contributed by atoms with Crippen molar-refractivity contribution < 1.29 is 9.59 Å². The van der Waals surface area contributed by atoms with Crippen LogP contribution in [0.25, 0.3) is 0 Å². The number of hydrogen-bond donors (Lipinski definition) is 1. The summed E-state index contributed by atoms with van der Waals surface area (Å²) in [5, 5.41) is 2.82. The zero-order valence-electron chi connectivity index (χ0n) is 9.79. The maximum Gasteiger partial charge on any atom is 0.220 e. The van der Waals surface area contributed by atoms with Crippen LogP contribution in [0.5, 0.6) is 0 Å². The van der Waals surface area contributed by atoms with E-state index >= 15 is 0 Å². The highest BCUT2D eigenvalue weighted by atomic mass is 16.2. The summed E-state index contributed by atoms with van der Waals surface area (Å²) in [4.78, 5) is 22.0. The van der Waals surface area contributed by atoms with Gasteiger partial charge >= 0.3 is 0 Å². The highest BCUT2D eigenvalue weighted by molar-refractivity contribution is 5.83. The van der Waals surface area contributed by atoms with Gasteiger partial charge in [-0.1, -0.05) is 23.8 Å². The van der Waals surface area contributed by atoms with Crippen molar-refractivity contribution in [3.63, 3.8) is 0 Å². The number of carbonyl (C=O) groups is 2. The minimum Gasteiger partial charge on any atom is -0.356 e. The van der Waals surface area contributed by atoms with Crippen molar-refractivity contribution in [2.24, 2.45) is 0 Å². The SMILES string of the molecule is CC(=O)CCC(=O)NCCC1=CCCC=C1. The van der Waals surface area contributed by atoms with E-state index in [2.05, 4.69) is 23.5 Å². The van der Waals surface area contributed by atoms with Gasteiger partial charge in [-0.2, -0.15) is 0 Å². The molecule has 0 aromatic heterocycles. The van der Waals surface area contributed by atoms with Gasteiger partial charge in [-0.15, -0.1) is 0 Å². The molecule has 1 N–H and O–H groups in total. The molecule has 0 aromatic carbocycles. The second kappa shape index (κ2) is 6.99. The summed E-state index contributed by atoms with van der Waals surface area (Å²) in [6.45, 7) is 2.16. The Balaban J connectivity index is 2.10. The first-order chi connectivity index (χ1) is 7.68. The molecule has 1 aliphatic carbocycles. The standard InChI is InChI=1S/C13H19NO2/c1-11(15)7-8-13(16)14-10-9-12-5-3-2-4-6-12/h3,5-6H,2,4,7-10H2,1H3,(H,14,16). The van der Waals surface area contributed by atoms with Gasteiger partial charge in [0, 0.05) is 19.4 Å². The van der Waals surface area contributed by atoms with Gasteiger partial charge in [-0.3, -0.25) is 4.79 Å². The zero-order chi connectivity index (χ0) is 11.8. The quantitative estimate of drug-likeness (QED) is 0.747. The van der Waals surface area contributed by atoms with Gasteiger partial charge in [0.1, 0.15) is 5.78 Å². The van der Waals surface area contributed by atoms with Crippen LogP contribution in [0.2, 0.25) is 0 Å². The van der Waals surface area contributed by atoms with E-state index in [0.29, 0.717) is 19.4 Å². The van der Waals surface area contributed by atoms with Gasteiger partial charge in [0.25, 0.3) is 0 Å². The Morgan fingerprint density at radius 3 is 2.75 bits per heavy atom. The Morgan fingerprint density at radius 2 is 2.12 bits per heavy atom. The first-order valence-electron chi connectivity index (χ1n) is 5.80. The zero-order valence-corrected chi connectivity index (χ0v) is 9.79. The summed E-state index contributed by atoms with van der Waals surface area (Å²) in [7, 11) is 0. The molecule has 0 radical (unpaired) electrons. The molecule has 1 aliphatic rings. The van der Waals surface area contributed by atoms with E-state index in [0.717, 1.165) is 19.3 Å². The minimum atomic E-state index is -0.0319. The maximum atomic E-state index is 11.3. The molecule has 0 aromatic rings. The molecule has 0 aliphatic heterocycles. The van der Waals surface area contributed by atoms with E-state index in [4.69, 9.17) is 0 Å². The van der Waals surface area contributed by atoms with Gasteiger partial charge in [0.05, 0.1) is 0 Å². The molecule has 0 atom stereocenters. The predicted molar refractivity (Wildman–Crippen MR) is 64.0 cm³/mol. The molecule has 88 valence electrons. The summed E-state index contributed by atoms with van der Waals surface area (Å²) in [6, 6.07) is 0. The molecule has 0 unspecified atom stereocenters. The second-order valence-corrected chi connectivity index (χ2v) is 4.06. The van der Waals surface area contributed by atoms with Crippen molar-refractivity contribution in [3.8, 4) is 0 Å². The van der Waals surface area contributed by atoms with Gasteiger partial charge < -0.3 is 10.1 Å². The summed E-state index contributed by atoms with van der Waals surface area (Å²) in [5.41, 5.74) is 1.29. The fourth-order valence-corrected chi connectivity index (χ4v) is 1.58. The third-order valence-electron chi connectivity index (χ3n) is 2.51. The monoisotopic (exact) mass is 221 g/mol. The van der Waals surface area contributed by atoms with Gasteiger partial charge in [0.2, 0.25) is 5.91 Å². The van der Waals surface area contributed by atoms with Crippen molar-refractivity contribution in [1.29, 1.82) is 0 Å². The fourth-order valence-electron chi connectivity index (χ4n) is 1.58. The molecule has 1 rings (SSSR count). The van der Waals surface area contributed by atoms with E-state index in [-0.39, 0.29) is 11.7 Å². The lowest BCUT2D eigenvalue weighted by Crippen LogP contribution is -2.24. The Labute approximate surface area is 96.6 Å². The van der Waals surface area contributed by atoms with Crippen molar-refractivity contribution >= 4 is 11.7 Å². The molecule has 0 spiro atoms. The van der Waals surface area contributed by atoms with Gasteiger partial charge in [-0.25, -0.2) is 0 Å². The van der Waals surface area contributed by atoms with Crippen LogP contribution in [-0.2, 0) is 9.59 Å². The van der Waals surface area contributed by atoms with Crippen LogP contribution in [0, 0.1) is 0 Å². The molecular weight excluding hydrogens is 202 g/mol. The molecule has 3 heteroatoms. The number of rotatable bonds is 6. The molecule has 0 heterocycles. The van der Waals surface area contributed by atoms with E-state index in [1.807, 2.05) is 0 Å². The lowest BCUT2D eigenvalue weighted by atomic mass is 10.0. The summed E-state index contributed by atoms with van der Waals surface area (Å²) < 4.78 is 0. The Kier molecular flexibility index (Phi) is 5.54. The first kappa shape index (κ1) is 12.7. The highest BCUT2D eigenvalue weighted by Gasteiger charge is 2.03. The van der Waals surface area contributed by atoms with Crippen LogP contribution >= 0.6 is 0 Å². The van der Waals surface area contributed by atoms with Crippen LogP contribution in [0.15, 0.2) is 23.8 Å². The molecule has 1 amide bonds. The molecule has 0 bridgehead atoms. The average molecular weight is 221 g/mol. The van der Waals surface area contributed by atoms with Crippen LogP contribution in [0.3, 0.4) is 0 Å². The minimum absolute atomic E-state index is 0.0319. The largest absolute Gasteiger partial charge is 0.356 e. The van der Waals surface area contributed by atoms with Crippen LogP contribution in [0.4, 0.5) is 0 Å². The molecule has 3 nitrogen and oxygen atoms in total. The third-order valence-corrected chi connectivity index (χ3v) is 2.51. The van der Waals surface area contributed by atoms with Crippen LogP contribution < -0.4 is 5.32 Å². The van der Waals surface area contributed by atoms with E-state index in [1.54, 1.807) is 0 Å². The number of allylic oxidation sites excluding steroid dienone is 3. The number of ketones is 1. The van der Waals surface area contributed by atoms with Crippen molar-refractivity contribution in [2.75, 3.05) is 6.54 Å². The number of carbonyl (C=O) groups excluding carboxylic acids is 2. The molecule has 0 saturated carbocycles. The van der Waals surface area contributed by atoms with E-state index < -0.39 is 0 Å². The summed E-state index contributed by atoms with van der Waals surface area (Å²) in [6.07, 6.45) is 10.2. The van der Waals surface area contributed by atoms with Gasteiger partial charge in [-0.05, 0) is 26.2 Å². The van der Waals surface area contributed by atoms with Crippen LogP contribution in [-0.4, -0.2) is 18.2 Å². The Morgan fingerprint density at radius 1 is 1.31 bits per heavy atom. The fraction of sp³-hybridized carbons (Fsp3) is 0.538. The first-order valence-corrected chi connectivity index (χ1v) is 5.80. The average Bonchev–Trinajstić information content (AvgIpc) is 2.28. The van der Waals surface area contributed by atoms with Crippen molar-refractivity contribution in [2.45, 2.75) is 39.0 Å². The number of amides is 1. The summed E-state index contributed by atoms with van der Waals surface area (Å²) in [5.74, 6) is 0.0312. The number of nitrogens with one attached hydrogen (secondary N) is 1. The second-order valence-electron chi connectivity index (χ2n) is 4.06. The van der Waals surface area contributed by atoms with E-state index in [1.165, 1.54) is 12.5 Å². The molecule has 0 fully saturated rings. The highest BCUT2D eigenvalue weighted by Crippen LogP contribution is 2.11. The molecular formula is C13H19NO2. The Bertz CT molecular complexity index is 316. The van der Waals surface area contributed by atoms with Crippen molar-refractivity contribution in [3.05, 3.63) is 23.8 Å². The van der Waals surface area contributed by atoms with E-state index in [9.17, 15) is 9.59 Å². The smallest absolute Gasteiger partial charge is 0.220 e. The molecule has 16 heavy (non-hydrogen) atoms. The number of hydrogen-bond acceptors (Lipinski definition) is 2. The topological polar surface area (TPSA) is 46.2 Å². The lowest BCUT2D eigenvalue weighted by molar-refractivity contribution is -0.124. The maximum absolute atomic E-state index is 11.3. The summed E-state index contributed by atoms with van der Waals surface area (Å²) >= 11 is 0. The Hall–Kier alpha value is -1.38. The van der Waals surface area contributed by atoms with Gasteiger partial charge in [0.15, 0.2) is 0 Å². The molecule has 0 saturated heterocycles. The normalized spacial score (nSPS) is 14.4. The van der Waals surface area contributed by atoms with Crippen LogP contribution in [0.1, 0.15) is 39.0 Å². The lowest BCUT2D eigenvalue weighted by Gasteiger charge is -2.08. The van der Waals surface area contributed by atoms with Crippen molar-refractivity contribution in [1.82, 2.24) is 5.32 Å².